The second-order valence-corrected chi connectivity index (χ2v) is 5.83. The molecule has 0 unspecified atom stereocenters. The normalized spacial score (nSPS) is 10.3. The number of hydrogen-bond donors (Lipinski definition) is 1. The number of anilines is 1. The van der Waals surface area contributed by atoms with Gasteiger partial charge in [-0.25, -0.2) is 4.39 Å². The Balaban J connectivity index is 2.28. The van der Waals surface area contributed by atoms with Crippen molar-refractivity contribution in [2.75, 3.05) is 5.32 Å². The summed E-state index contributed by atoms with van der Waals surface area (Å²) in [7, 11) is 0. The van der Waals surface area contributed by atoms with Crippen molar-refractivity contribution in [1.29, 1.82) is 0 Å². The molecule has 0 aliphatic carbocycles. The van der Waals surface area contributed by atoms with Crippen molar-refractivity contribution < 1.29 is 9.18 Å². The van der Waals surface area contributed by atoms with Crippen molar-refractivity contribution >= 4 is 43.5 Å². The van der Waals surface area contributed by atoms with Gasteiger partial charge in [0.15, 0.2) is 0 Å². The van der Waals surface area contributed by atoms with Crippen LogP contribution in [0, 0.1) is 12.7 Å². The van der Waals surface area contributed by atoms with Crippen molar-refractivity contribution in [3.63, 3.8) is 0 Å². The van der Waals surface area contributed by atoms with Crippen molar-refractivity contribution in [1.82, 2.24) is 0 Å². The molecular formula is C14H10Br2FNO. The van der Waals surface area contributed by atoms with Crippen LogP contribution in [0.25, 0.3) is 0 Å². The molecule has 5 heteroatoms. The second kappa shape index (κ2) is 5.84. The van der Waals surface area contributed by atoms with Crippen molar-refractivity contribution in [3.05, 3.63) is 62.3 Å². The van der Waals surface area contributed by atoms with Crippen LogP contribution in [0.3, 0.4) is 0 Å². The van der Waals surface area contributed by atoms with Gasteiger partial charge in [0, 0.05) is 8.95 Å². The monoisotopic (exact) mass is 385 g/mol. The molecule has 2 aromatic carbocycles. The third kappa shape index (κ3) is 3.42. The molecule has 0 radical (unpaired) electrons. The average molecular weight is 387 g/mol. The Morgan fingerprint density at radius 3 is 2.58 bits per heavy atom. The lowest BCUT2D eigenvalue weighted by Crippen LogP contribution is -2.14. The van der Waals surface area contributed by atoms with Gasteiger partial charge in [-0.05, 0) is 58.7 Å². The number of benzene rings is 2. The van der Waals surface area contributed by atoms with E-state index in [1.807, 2.05) is 6.07 Å². The highest BCUT2D eigenvalue weighted by molar-refractivity contribution is 9.11. The van der Waals surface area contributed by atoms with Crippen LogP contribution in [0.2, 0.25) is 0 Å². The van der Waals surface area contributed by atoms with Gasteiger partial charge in [-0.1, -0.05) is 22.0 Å². The SMILES string of the molecule is Cc1ccc(C(=O)Nc2cc(Br)ccc2Br)c(F)c1. The third-order valence-electron chi connectivity index (χ3n) is 2.55. The van der Waals surface area contributed by atoms with Crippen LogP contribution in [0.5, 0.6) is 0 Å². The molecule has 2 nitrogen and oxygen atoms in total. The molecule has 0 saturated carbocycles. The summed E-state index contributed by atoms with van der Waals surface area (Å²) >= 11 is 6.65. The predicted molar refractivity (Wildman–Crippen MR) is 80.9 cm³/mol. The molecule has 0 atom stereocenters. The fourth-order valence-corrected chi connectivity index (χ4v) is 2.29. The molecule has 98 valence electrons. The highest BCUT2D eigenvalue weighted by atomic mass is 79.9. The molecule has 0 spiro atoms. The van der Waals surface area contributed by atoms with E-state index in [0.717, 1.165) is 14.5 Å². The zero-order chi connectivity index (χ0) is 14.0. The molecule has 2 aromatic rings. The van der Waals surface area contributed by atoms with Gasteiger partial charge < -0.3 is 5.32 Å². The van der Waals surface area contributed by atoms with E-state index in [1.54, 1.807) is 25.1 Å². The average Bonchev–Trinajstić information content (AvgIpc) is 2.33. The zero-order valence-electron chi connectivity index (χ0n) is 10.0. The molecule has 0 bridgehead atoms. The van der Waals surface area contributed by atoms with E-state index in [1.165, 1.54) is 12.1 Å². The van der Waals surface area contributed by atoms with Crippen LogP contribution in [-0.2, 0) is 0 Å². The van der Waals surface area contributed by atoms with Crippen LogP contribution in [0.15, 0.2) is 45.3 Å². The minimum atomic E-state index is -0.524. The maximum absolute atomic E-state index is 13.7. The lowest BCUT2D eigenvalue weighted by Gasteiger charge is -2.09. The molecule has 1 amide bonds. The maximum Gasteiger partial charge on any atom is 0.258 e. The lowest BCUT2D eigenvalue weighted by atomic mass is 10.1. The van der Waals surface area contributed by atoms with E-state index in [-0.39, 0.29) is 5.56 Å². The van der Waals surface area contributed by atoms with Crippen molar-refractivity contribution in [2.24, 2.45) is 0 Å². The smallest absolute Gasteiger partial charge is 0.258 e. The van der Waals surface area contributed by atoms with Crippen LogP contribution in [-0.4, -0.2) is 5.91 Å². The Morgan fingerprint density at radius 2 is 1.89 bits per heavy atom. The summed E-state index contributed by atoms with van der Waals surface area (Å²) in [6, 6.07) is 9.90. The second-order valence-electron chi connectivity index (χ2n) is 4.06. The first-order chi connectivity index (χ1) is 8.97. The van der Waals surface area contributed by atoms with Crippen LogP contribution >= 0.6 is 31.9 Å². The molecule has 0 fully saturated rings. The molecule has 0 aliphatic rings. The Hall–Kier alpha value is -1.20. The van der Waals surface area contributed by atoms with Gasteiger partial charge in [0.2, 0.25) is 0 Å². The molecule has 0 saturated heterocycles. The summed E-state index contributed by atoms with van der Waals surface area (Å²) in [6.07, 6.45) is 0. The molecule has 0 aliphatic heterocycles. The van der Waals surface area contributed by atoms with Gasteiger partial charge in [0.1, 0.15) is 5.82 Å². The Morgan fingerprint density at radius 1 is 1.16 bits per heavy atom. The number of amides is 1. The predicted octanol–water partition coefficient (Wildman–Crippen LogP) is 4.91. The molecular weight excluding hydrogens is 377 g/mol. The topological polar surface area (TPSA) is 29.1 Å². The van der Waals surface area contributed by atoms with E-state index in [0.29, 0.717) is 5.69 Å². The third-order valence-corrected chi connectivity index (χ3v) is 3.73. The quantitative estimate of drug-likeness (QED) is 0.780. The summed E-state index contributed by atoms with van der Waals surface area (Å²) in [5, 5.41) is 2.67. The lowest BCUT2D eigenvalue weighted by molar-refractivity contribution is 0.102. The molecule has 1 N–H and O–H groups in total. The summed E-state index contributed by atoms with van der Waals surface area (Å²) in [5.74, 6) is -1.00. The number of carbonyl (C=O) groups excluding carboxylic acids is 1. The first-order valence-electron chi connectivity index (χ1n) is 5.50. The number of hydrogen-bond acceptors (Lipinski definition) is 1. The summed E-state index contributed by atoms with van der Waals surface area (Å²) in [5.41, 5.74) is 1.38. The number of halogens is 3. The van der Waals surface area contributed by atoms with Crippen molar-refractivity contribution in [2.45, 2.75) is 6.92 Å². The van der Waals surface area contributed by atoms with Gasteiger partial charge in [0.25, 0.3) is 5.91 Å². The van der Waals surface area contributed by atoms with E-state index in [9.17, 15) is 9.18 Å². The van der Waals surface area contributed by atoms with E-state index in [2.05, 4.69) is 37.2 Å². The number of aryl methyl sites for hydroxylation is 1. The Bertz CT molecular complexity index is 643. The van der Waals surface area contributed by atoms with Gasteiger partial charge in [-0.15, -0.1) is 0 Å². The Labute approximate surface area is 127 Å². The number of carbonyl (C=O) groups is 1. The van der Waals surface area contributed by atoms with E-state index >= 15 is 0 Å². The standard InChI is InChI=1S/C14H10Br2FNO/c1-8-2-4-10(12(17)6-8)14(19)18-13-7-9(15)3-5-11(13)16/h2-7H,1H3,(H,18,19). The van der Waals surface area contributed by atoms with E-state index < -0.39 is 11.7 Å². The number of rotatable bonds is 2. The van der Waals surface area contributed by atoms with Crippen LogP contribution < -0.4 is 5.32 Å². The summed E-state index contributed by atoms with van der Waals surface area (Å²) in [6.45, 7) is 1.77. The fourth-order valence-electron chi connectivity index (χ4n) is 1.59. The van der Waals surface area contributed by atoms with Crippen LogP contribution in [0.4, 0.5) is 10.1 Å². The first kappa shape index (κ1) is 14.2. The fraction of sp³-hybridized carbons (Fsp3) is 0.0714. The van der Waals surface area contributed by atoms with Gasteiger partial charge in [0.05, 0.1) is 11.3 Å². The van der Waals surface area contributed by atoms with E-state index in [4.69, 9.17) is 0 Å². The van der Waals surface area contributed by atoms with Gasteiger partial charge in [-0.2, -0.15) is 0 Å². The minimum Gasteiger partial charge on any atom is -0.321 e. The zero-order valence-corrected chi connectivity index (χ0v) is 13.2. The minimum absolute atomic E-state index is 0.0254. The summed E-state index contributed by atoms with van der Waals surface area (Å²) < 4.78 is 15.3. The molecule has 2 rings (SSSR count). The molecule has 19 heavy (non-hydrogen) atoms. The maximum atomic E-state index is 13.7. The highest BCUT2D eigenvalue weighted by Crippen LogP contribution is 2.26. The molecule has 0 heterocycles. The van der Waals surface area contributed by atoms with Gasteiger partial charge in [-0.3, -0.25) is 4.79 Å². The Kier molecular flexibility index (Phi) is 4.37. The summed E-state index contributed by atoms with van der Waals surface area (Å²) in [4.78, 5) is 12.0. The molecule has 0 aromatic heterocycles. The largest absolute Gasteiger partial charge is 0.321 e. The number of nitrogens with one attached hydrogen (secondary N) is 1. The van der Waals surface area contributed by atoms with Crippen molar-refractivity contribution in [3.8, 4) is 0 Å². The highest BCUT2D eigenvalue weighted by Gasteiger charge is 2.13. The van der Waals surface area contributed by atoms with Gasteiger partial charge >= 0.3 is 0 Å². The first-order valence-corrected chi connectivity index (χ1v) is 7.08. The van der Waals surface area contributed by atoms with Crippen LogP contribution in [0.1, 0.15) is 15.9 Å².